The summed E-state index contributed by atoms with van der Waals surface area (Å²) < 4.78 is 5.46. The third-order valence-electron chi connectivity index (χ3n) is 7.90. The molecule has 216 valence electrons. The molecule has 3 heterocycles. The Morgan fingerprint density at radius 2 is 1.95 bits per heavy atom. The van der Waals surface area contributed by atoms with E-state index in [1.165, 1.54) is 4.90 Å². The zero-order chi connectivity index (χ0) is 28.8. The number of benzene rings is 1. The lowest BCUT2D eigenvalue weighted by molar-refractivity contribution is -0.128. The highest BCUT2D eigenvalue weighted by molar-refractivity contribution is 6.38. The molecular weight excluding hydrogens is 538 g/mol. The highest BCUT2D eigenvalue weighted by atomic mass is 35.5. The van der Waals surface area contributed by atoms with Crippen molar-refractivity contribution in [3.63, 3.8) is 0 Å². The normalized spacial score (nSPS) is 22.2. The van der Waals surface area contributed by atoms with E-state index >= 15 is 0 Å². The van der Waals surface area contributed by atoms with Crippen LogP contribution in [0, 0.1) is 0 Å². The van der Waals surface area contributed by atoms with Gasteiger partial charge in [0.05, 0.1) is 0 Å². The van der Waals surface area contributed by atoms with Crippen LogP contribution in [0.1, 0.15) is 63.0 Å². The number of carbonyl (C=O) groups excluding carboxylic acids is 2. The van der Waals surface area contributed by atoms with Gasteiger partial charge in [-0.05, 0) is 62.3 Å². The maximum absolute atomic E-state index is 14.1. The maximum Gasteiger partial charge on any atom is 0.260 e. The average molecular weight is 576 g/mol. The van der Waals surface area contributed by atoms with Crippen LogP contribution < -0.4 is 10.6 Å². The standard InChI is InChI=1S/C32H38ClN5O3/c1-3-22-17-28(27-11-10-23(18-29(27)33)24-7-6-14-34-19-24)32(40)38(20-30(39)37-25-8-4-5-9-25)31(22)36-21(2)35-26-12-15-41-16-13-26/h3,7,10-11,17-19,25-26,35H,2,4-6,8-9,12-16,20H2,1H3,(H,37,39)/b22-3-,36-31+. The van der Waals surface area contributed by atoms with E-state index in [2.05, 4.69) is 28.3 Å². The minimum atomic E-state index is -0.331. The minimum absolute atomic E-state index is 0.142. The fraction of sp³-hybridized carbons (Fsp3) is 0.438. The van der Waals surface area contributed by atoms with Gasteiger partial charge in [-0.3, -0.25) is 19.5 Å². The molecule has 1 saturated heterocycles. The second-order valence-corrected chi connectivity index (χ2v) is 11.2. The molecule has 0 radical (unpaired) electrons. The molecule has 5 rings (SSSR count). The fourth-order valence-corrected chi connectivity index (χ4v) is 5.98. The molecule has 0 bridgehead atoms. The van der Waals surface area contributed by atoms with Crippen molar-refractivity contribution in [3.05, 3.63) is 70.5 Å². The number of ether oxygens (including phenoxy) is 1. The summed E-state index contributed by atoms with van der Waals surface area (Å²) in [5, 5.41) is 6.92. The number of rotatable bonds is 8. The van der Waals surface area contributed by atoms with E-state index < -0.39 is 0 Å². The number of dihydropyridines is 1. The molecule has 0 spiro atoms. The summed E-state index contributed by atoms with van der Waals surface area (Å²) in [6.07, 6.45) is 14.4. The van der Waals surface area contributed by atoms with Crippen LogP contribution in [0.2, 0.25) is 5.02 Å². The highest BCUT2D eigenvalue weighted by Crippen LogP contribution is 2.33. The van der Waals surface area contributed by atoms with Crippen LogP contribution in [0.4, 0.5) is 0 Å². The summed E-state index contributed by atoms with van der Waals surface area (Å²) in [4.78, 5) is 37.9. The number of amidine groups is 1. The number of allylic oxidation sites excluding steroid dienone is 2. The molecular formula is C32H38ClN5O3. The van der Waals surface area contributed by atoms with Crippen molar-refractivity contribution >= 4 is 46.6 Å². The highest BCUT2D eigenvalue weighted by Gasteiger charge is 2.34. The number of hydrogen-bond acceptors (Lipinski definition) is 6. The number of nitrogens with one attached hydrogen (secondary N) is 2. The van der Waals surface area contributed by atoms with E-state index in [-0.39, 0.29) is 30.4 Å². The molecule has 1 aliphatic carbocycles. The van der Waals surface area contributed by atoms with Crippen molar-refractivity contribution in [1.29, 1.82) is 0 Å². The van der Waals surface area contributed by atoms with Gasteiger partial charge >= 0.3 is 0 Å². The second-order valence-electron chi connectivity index (χ2n) is 10.8. The number of carbonyl (C=O) groups is 2. The SMILES string of the molecule is C=C(/N=C1\C(=C/C)C=C(c2ccc(C3=CCCN=C3)cc2Cl)C(=O)N1CC(=O)NC1CCCC1)NC1CCOCC1. The lowest BCUT2D eigenvalue weighted by Crippen LogP contribution is -2.48. The van der Waals surface area contributed by atoms with E-state index in [1.807, 2.05) is 37.4 Å². The van der Waals surface area contributed by atoms with E-state index in [9.17, 15) is 9.59 Å². The van der Waals surface area contributed by atoms with Gasteiger partial charge in [0.25, 0.3) is 5.91 Å². The molecule has 0 aromatic heterocycles. The fourth-order valence-electron chi connectivity index (χ4n) is 5.70. The number of nitrogens with zero attached hydrogens (tertiary/aromatic N) is 3. The smallest absolute Gasteiger partial charge is 0.260 e. The van der Waals surface area contributed by atoms with Gasteiger partial charge in [-0.15, -0.1) is 0 Å². The average Bonchev–Trinajstić information content (AvgIpc) is 3.49. The first-order chi connectivity index (χ1) is 19.9. The quantitative estimate of drug-likeness (QED) is 0.452. The Balaban J connectivity index is 1.46. The lowest BCUT2D eigenvalue weighted by atomic mass is 9.94. The summed E-state index contributed by atoms with van der Waals surface area (Å²) in [7, 11) is 0. The molecule has 8 nitrogen and oxygen atoms in total. The predicted octanol–water partition coefficient (Wildman–Crippen LogP) is 5.07. The monoisotopic (exact) mass is 575 g/mol. The van der Waals surface area contributed by atoms with Crippen LogP contribution in [0.5, 0.6) is 0 Å². The van der Waals surface area contributed by atoms with Gasteiger partial charge < -0.3 is 15.4 Å². The van der Waals surface area contributed by atoms with Crippen LogP contribution in [0.15, 0.2) is 64.4 Å². The largest absolute Gasteiger partial charge is 0.381 e. The van der Waals surface area contributed by atoms with E-state index in [0.717, 1.165) is 62.6 Å². The Bertz CT molecular complexity index is 1350. The molecule has 2 amide bonds. The molecule has 3 aliphatic heterocycles. The van der Waals surface area contributed by atoms with Crippen molar-refractivity contribution < 1.29 is 14.3 Å². The Morgan fingerprint density at radius 1 is 1.20 bits per heavy atom. The molecule has 2 N–H and O–H groups in total. The van der Waals surface area contributed by atoms with Crippen LogP contribution in [-0.2, 0) is 14.3 Å². The zero-order valence-electron chi connectivity index (χ0n) is 23.6. The molecule has 9 heteroatoms. The number of aliphatic imine (C=N–C) groups is 2. The van der Waals surface area contributed by atoms with Gasteiger partial charge in [-0.2, -0.15) is 0 Å². The second kappa shape index (κ2) is 13.4. The van der Waals surface area contributed by atoms with Gasteiger partial charge in [0.2, 0.25) is 5.91 Å². The van der Waals surface area contributed by atoms with E-state index in [0.29, 0.717) is 46.6 Å². The van der Waals surface area contributed by atoms with Gasteiger partial charge in [-0.25, -0.2) is 4.99 Å². The first-order valence-electron chi connectivity index (χ1n) is 14.5. The number of hydrogen-bond donors (Lipinski definition) is 2. The maximum atomic E-state index is 14.1. The van der Waals surface area contributed by atoms with Crippen LogP contribution in [-0.4, -0.2) is 67.2 Å². The Labute approximate surface area is 247 Å². The lowest BCUT2D eigenvalue weighted by Gasteiger charge is -2.31. The van der Waals surface area contributed by atoms with Crippen molar-refractivity contribution in [2.24, 2.45) is 9.98 Å². The van der Waals surface area contributed by atoms with Crippen LogP contribution in [0.25, 0.3) is 11.1 Å². The molecule has 41 heavy (non-hydrogen) atoms. The summed E-state index contributed by atoms with van der Waals surface area (Å²) >= 11 is 6.79. The Hall–Kier alpha value is -3.49. The Kier molecular flexibility index (Phi) is 9.52. The number of halogens is 1. The molecule has 1 aromatic carbocycles. The first-order valence-corrected chi connectivity index (χ1v) is 14.9. The van der Waals surface area contributed by atoms with Gasteiger partial charge in [0, 0.05) is 59.8 Å². The van der Waals surface area contributed by atoms with Crippen LogP contribution in [0.3, 0.4) is 0 Å². The zero-order valence-corrected chi connectivity index (χ0v) is 24.4. The third-order valence-corrected chi connectivity index (χ3v) is 8.21. The van der Waals surface area contributed by atoms with Crippen molar-refractivity contribution in [1.82, 2.24) is 15.5 Å². The third kappa shape index (κ3) is 7.05. The Morgan fingerprint density at radius 3 is 2.63 bits per heavy atom. The first kappa shape index (κ1) is 29.0. The summed E-state index contributed by atoms with van der Waals surface area (Å²) in [5.74, 6) is 0.302. The van der Waals surface area contributed by atoms with Gasteiger partial charge in [0.15, 0.2) is 0 Å². The molecule has 0 unspecified atom stereocenters. The van der Waals surface area contributed by atoms with E-state index in [1.54, 1.807) is 6.08 Å². The summed E-state index contributed by atoms with van der Waals surface area (Å²) in [5.41, 5.74) is 3.69. The van der Waals surface area contributed by atoms with Gasteiger partial charge in [-0.1, -0.05) is 55.3 Å². The molecule has 1 aromatic rings. The molecule has 1 saturated carbocycles. The van der Waals surface area contributed by atoms with Gasteiger partial charge in [0.1, 0.15) is 18.2 Å². The minimum Gasteiger partial charge on any atom is -0.381 e. The summed E-state index contributed by atoms with van der Waals surface area (Å²) in [6, 6.07) is 6.02. The van der Waals surface area contributed by atoms with E-state index in [4.69, 9.17) is 21.3 Å². The van der Waals surface area contributed by atoms with Crippen molar-refractivity contribution in [2.75, 3.05) is 26.3 Å². The molecule has 4 aliphatic rings. The molecule has 2 fully saturated rings. The van der Waals surface area contributed by atoms with Crippen LogP contribution >= 0.6 is 11.6 Å². The predicted molar refractivity (Wildman–Crippen MR) is 165 cm³/mol. The number of amides is 2. The topological polar surface area (TPSA) is 95.4 Å². The van der Waals surface area contributed by atoms with Crippen molar-refractivity contribution in [3.8, 4) is 0 Å². The summed E-state index contributed by atoms with van der Waals surface area (Å²) in [6.45, 7) is 8.01. The molecule has 0 atom stereocenters. The van der Waals surface area contributed by atoms with Crippen molar-refractivity contribution in [2.45, 2.75) is 64.0 Å².